The Kier molecular flexibility index (Phi) is 5.98. The molecule has 0 bridgehead atoms. The van der Waals surface area contributed by atoms with E-state index in [0.717, 1.165) is 12.8 Å². The predicted molar refractivity (Wildman–Crippen MR) is 112 cm³/mol. The van der Waals surface area contributed by atoms with Crippen LogP contribution in [-0.4, -0.2) is 48.1 Å². The number of carbonyl (C=O) groups is 2. The molecule has 2 aromatic carbocycles. The zero-order valence-corrected chi connectivity index (χ0v) is 17.6. The number of hydrogen-bond acceptors (Lipinski definition) is 5. The van der Waals surface area contributed by atoms with Gasteiger partial charge in [-0.25, -0.2) is 4.39 Å². The van der Waals surface area contributed by atoms with Gasteiger partial charge in [0.1, 0.15) is 17.3 Å². The Morgan fingerprint density at radius 3 is 2.74 bits per heavy atom. The number of Topliss-reactive ketones (excluding diaryl/α,β-unsaturated/α-hetero) is 1. The van der Waals surface area contributed by atoms with Gasteiger partial charge in [-0.1, -0.05) is 29.8 Å². The van der Waals surface area contributed by atoms with Crippen molar-refractivity contribution >= 4 is 29.1 Å². The maximum Gasteiger partial charge on any atom is 0.295 e. The van der Waals surface area contributed by atoms with Gasteiger partial charge in [-0.05, 0) is 37.1 Å². The van der Waals surface area contributed by atoms with Crippen LogP contribution in [0.5, 0.6) is 5.75 Å². The quantitative estimate of drug-likeness (QED) is 0.426. The zero-order valence-electron chi connectivity index (χ0n) is 16.8. The summed E-state index contributed by atoms with van der Waals surface area (Å²) in [5.74, 6) is -2.38. The molecule has 8 heteroatoms. The Labute approximate surface area is 183 Å². The van der Waals surface area contributed by atoms with Crippen LogP contribution in [0.3, 0.4) is 0 Å². The van der Waals surface area contributed by atoms with Crippen molar-refractivity contribution in [1.29, 1.82) is 0 Å². The Morgan fingerprint density at radius 1 is 1.29 bits per heavy atom. The maximum atomic E-state index is 14.8. The third kappa shape index (κ3) is 3.91. The monoisotopic (exact) mass is 445 g/mol. The van der Waals surface area contributed by atoms with E-state index in [1.165, 1.54) is 42.3 Å². The predicted octanol–water partition coefficient (Wildman–Crippen LogP) is 4.09. The first-order valence-electron chi connectivity index (χ1n) is 9.90. The highest BCUT2D eigenvalue weighted by Crippen LogP contribution is 2.42. The van der Waals surface area contributed by atoms with Crippen molar-refractivity contribution in [2.75, 3.05) is 20.3 Å². The van der Waals surface area contributed by atoms with Gasteiger partial charge in [0, 0.05) is 24.3 Å². The fourth-order valence-corrected chi connectivity index (χ4v) is 4.26. The molecule has 162 valence electrons. The minimum Gasteiger partial charge on any atom is -0.507 e. The van der Waals surface area contributed by atoms with Crippen LogP contribution in [0, 0.1) is 5.82 Å². The second-order valence-corrected chi connectivity index (χ2v) is 7.86. The molecule has 6 nitrogen and oxygen atoms in total. The minimum atomic E-state index is -1.10. The number of aliphatic hydroxyl groups is 1. The molecule has 2 heterocycles. The molecule has 2 aliphatic rings. The molecule has 1 amide bonds. The van der Waals surface area contributed by atoms with E-state index in [4.69, 9.17) is 21.1 Å². The van der Waals surface area contributed by atoms with Gasteiger partial charge in [0.05, 0.1) is 29.9 Å². The first-order chi connectivity index (χ1) is 14.9. The van der Waals surface area contributed by atoms with Gasteiger partial charge in [0.25, 0.3) is 11.7 Å². The van der Waals surface area contributed by atoms with Crippen LogP contribution in [0.4, 0.5) is 4.39 Å². The van der Waals surface area contributed by atoms with Gasteiger partial charge in [0.2, 0.25) is 0 Å². The molecule has 2 fully saturated rings. The number of halogens is 2. The molecule has 2 aliphatic heterocycles. The molecular formula is C23H21ClFNO5. The molecule has 0 aliphatic carbocycles. The summed E-state index contributed by atoms with van der Waals surface area (Å²) in [4.78, 5) is 27.2. The molecule has 0 spiro atoms. The summed E-state index contributed by atoms with van der Waals surface area (Å²) in [5.41, 5.74) is 0.0148. The van der Waals surface area contributed by atoms with Crippen LogP contribution in [0.1, 0.15) is 30.0 Å². The van der Waals surface area contributed by atoms with Crippen LogP contribution in [0.25, 0.3) is 5.76 Å². The van der Waals surface area contributed by atoms with Crippen LogP contribution in [0.15, 0.2) is 48.0 Å². The number of likely N-dealkylation sites (tertiary alicyclic amines) is 1. The van der Waals surface area contributed by atoms with Gasteiger partial charge in [0.15, 0.2) is 0 Å². The van der Waals surface area contributed by atoms with Crippen molar-refractivity contribution in [1.82, 2.24) is 4.90 Å². The number of amides is 1. The summed E-state index contributed by atoms with van der Waals surface area (Å²) >= 11 is 6.26. The summed E-state index contributed by atoms with van der Waals surface area (Å²) in [5, 5.41) is 11.3. The number of ketones is 1. The SMILES string of the molecule is COc1ccc(Cl)c(/C(O)=C2\C(=O)C(=O)N(CC3CCCO3)C2c2ccccc2F)c1. The topological polar surface area (TPSA) is 76.1 Å². The first-order valence-corrected chi connectivity index (χ1v) is 10.3. The lowest BCUT2D eigenvalue weighted by atomic mass is 9.94. The lowest BCUT2D eigenvalue weighted by molar-refractivity contribution is -0.140. The average molecular weight is 446 g/mol. The van der Waals surface area contributed by atoms with Crippen LogP contribution < -0.4 is 4.74 Å². The van der Waals surface area contributed by atoms with E-state index in [0.29, 0.717) is 12.4 Å². The molecule has 0 radical (unpaired) electrons. The maximum absolute atomic E-state index is 14.8. The summed E-state index contributed by atoms with van der Waals surface area (Å²) in [6.07, 6.45) is 1.32. The molecule has 0 saturated carbocycles. The number of methoxy groups -OCH3 is 1. The second kappa shape index (κ2) is 8.69. The van der Waals surface area contributed by atoms with Gasteiger partial charge < -0.3 is 19.5 Å². The summed E-state index contributed by atoms with van der Waals surface area (Å²) < 4.78 is 25.6. The van der Waals surface area contributed by atoms with E-state index in [1.54, 1.807) is 12.1 Å². The van der Waals surface area contributed by atoms with E-state index < -0.39 is 29.3 Å². The van der Waals surface area contributed by atoms with Crippen molar-refractivity contribution in [3.8, 4) is 5.75 Å². The van der Waals surface area contributed by atoms with Crippen LogP contribution in [-0.2, 0) is 14.3 Å². The Balaban J connectivity index is 1.88. The molecule has 2 atom stereocenters. The molecule has 0 aromatic heterocycles. The Morgan fingerprint density at radius 2 is 2.06 bits per heavy atom. The third-order valence-corrected chi connectivity index (χ3v) is 5.92. The van der Waals surface area contributed by atoms with Crippen molar-refractivity contribution in [2.45, 2.75) is 25.0 Å². The van der Waals surface area contributed by atoms with Crippen LogP contribution in [0.2, 0.25) is 5.02 Å². The minimum absolute atomic E-state index is 0.111. The van der Waals surface area contributed by atoms with Crippen molar-refractivity contribution in [3.05, 3.63) is 70.0 Å². The standard InChI is InChI=1S/C23H21ClFNO5/c1-30-13-8-9-17(24)16(11-13)21(27)19-20(15-6-2-3-7-18(15)25)26(23(29)22(19)28)12-14-5-4-10-31-14/h2-3,6-9,11,14,20,27H,4-5,10,12H2,1H3/b21-19+. The Hall–Kier alpha value is -2.90. The molecular weight excluding hydrogens is 425 g/mol. The third-order valence-electron chi connectivity index (χ3n) is 5.59. The van der Waals surface area contributed by atoms with Gasteiger partial charge in [-0.15, -0.1) is 0 Å². The van der Waals surface area contributed by atoms with Crippen molar-refractivity contribution < 1.29 is 28.6 Å². The molecule has 2 aromatic rings. The van der Waals surface area contributed by atoms with Gasteiger partial charge >= 0.3 is 0 Å². The number of ether oxygens (including phenoxy) is 2. The van der Waals surface area contributed by atoms with Gasteiger partial charge in [-0.3, -0.25) is 9.59 Å². The normalized spacial score (nSPS) is 22.9. The van der Waals surface area contributed by atoms with E-state index in [1.807, 2.05) is 0 Å². The number of aliphatic hydroxyl groups excluding tert-OH is 1. The second-order valence-electron chi connectivity index (χ2n) is 7.45. The number of hydrogen-bond donors (Lipinski definition) is 1. The molecule has 1 N–H and O–H groups in total. The summed E-state index contributed by atoms with van der Waals surface area (Å²) in [6, 6.07) is 9.35. The fraction of sp³-hybridized carbons (Fsp3) is 0.304. The highest BCUT2D eigenvalue weighted by Gasteiger charge is 2.48. The van der Waals surface area contributed by atoms with E-state index in [2.05, 4.69) is 0 Å². The molecule has 4 rings (SSSR count). The van der Waals surface area contributed by atoms with Crippen molar-refractivity contribution in [3.63, 3.8) is 0 Å². The highest BCUT2D eigenvalue weighted by molar-refractivity contribution is 6.47. The van der Waals surface area contributed by atoms with E-state index >= 15 is 0 Å². The van der Waals surface area contributed by atoms with Gasteiger partial charge in [-0.2, -0.15) is 0 Å². The lowest BCUT2D eigenvalue weighted by Crippen LogP contribution is -2.36. The molecule has 2 saturated heterocycles. The Bertz CT molecular complexity index is 1060. The number of benzene rings is 2. The molecule has 31 heavy (non-hydrogen) atoms. The summed E-state index contributed by atoms with van der Waals surface area (Å²) in [6.45, 7) is 0.685. The number of carbonyl (C=O) groups excluding carboxylic acids is 2. The first kappa shape index (κ1) is 21.3. The molecule has 2 unspecified atom stereocenters. The number of nitrogens with zero attached hydrogens (tertiary/aromatic N) is 1. The summed E-state index contributed by atoms with van der Waals surface area (Å²) in [7, 11) is 1.45. The number of rotatable bonds is 5. The lowest BCUT2D eigenvalue weighted by Gasteiger charge is -2.27. The zero-order chi connectivity index (χ0) is 22.1. The largest absolute Gasteiger partial charge is 0.507 e. The fourth-order valence-electron chi connectivity index (χ4n) is 4.05. The smallest absolute Gasteiger partial charge is 0.295 e. The van der Waals surface area contributed by atoms with E-state index in [-0.39, 0.29) is 34.4 Å². The van der Waals surface area contributed by atoms with Crippen LogP contribution >= 0.6 is 11.6 Å². The van der Waals surface area contributed by atoms with Crippen molar-refractivity contribution in [2.24, 2.45) is 0 Å². The van der Waals surface area contributed by atoms with E-state index in [9.17, 15) is 19.1 Å². The highest BCUT2D eigenvalue weighted by atomic mass is 35.5. The average Bonchev–Trinajstić information content (AvgIpc) is 3.36.